The first-order valence-corrected chi connectivity index (χ1v) is 7.47. The van der Waals surface area contributed by atoms with Crippen LogP contribution in [-0.2, 0) is 19.0 Å². The van der Waals surface area contributed by atoms with Crippen molar-refractivity contribution in [2.75, 3.05) is 13.2 Å². The van der Waals surface area contributed by atoms with Crippen LogP contribution in [0.1, 0.15) is 48.0 Å². The van der Waals surface area contributed by atoms with Gasteiger partial charge in [0.25, 0.3) is 0 Å². The van der Waals surface area contributed by atoms with E-state index in [1.54, 1.807) is 11.0 Å². The van der Waals surface area contributed by atoms with Crippen molar-refractivity contribution in [2.45, 2.75) is 65.3 Å². The maximum atomic E-state index is 12.4. The van der Waals surface area contributed by atoms with Gasteiger partial charge in [-0.2, -0.15) is 0 Å². The van der Waals surface area contributed by atoms with Crippen LogP contribution in [0.3, 0.4) is 0 Å². The second-order valence-electron chi connectivity index (χ2n) is 6.77. The Kier molecular flexibility index (Phi) is 6.00. The number of amides is 1. The van der Waals surface area contributed by atoms with E-state index in [0.29, 0.717) is 13.0 Å². The molecule has 0 bridgehead atoms. The van der Waals surface area contributed by atoms with Crippen LogP contribution in [-0.4, -0.2) is 47.5 Å². The molecule has 0 saturated carbocycles. The molecule has 0 unspecified atom stereocenters. The zero-order valence-corrected chi connectivity index (χ0v) is 14.3. The summed E-state index contributed by atoms with van der Waals surface area (Å²) in [5.41, 5.74) is -1.25. The minimum atomic E-state index is -0.698. The molecule has 0 aromatic rings. The first kappa shape index (κ1) is 18.5. The summed E-state index contributed by atoms with van der Waals surface area (Å²) in [7, 11) is 0. The van der Waals surface area contributed by atoms with Crippen LogP contribution in [0.4, 0.5) is 4.79 Å². The van der Waals surface area contributed by atoms with Crippen molar-refractivity contribution < 1.29 is 23.8 Å². The largest absolute Gasteiger partial charge is 0.462 e. The van der Waals surface area contributed by atoms with Crippen molar-refractivity contribution in [3.8, 4) is 0 Å². The molecule has 22 heavy (non-hydrogen) atoms. The number of nitrogens with zero attached hydrogens (tertiary/aromatic N) is 1. The van der Waals surface area contributed by atoms with E-state index < -0.39 is 11.3 Å². The van der Waals surface area contributed by atoms with Gasteiger partial charge in [-0.25, -0.2) is 4.79 Å². The SMILES string of the molecule is CC(=O)OC/C=C/C[C@@H]1COC(C)(C)N1C(=O)OC(C)(C)C. The van der Waals surface area contributed by atoms with Gasteiger partial charge < -0.3 is 14.2 Å². The van der Waals surface area contributed by atoms with Crippen molar-refractivity contribution >= 4 is 12.1 Å². The van der Waals surface area contributed by atoms with Crippen LogP contribution in [0.25, 0.3) is 0 Å². The summed E-state index contributed by atoms with van der Waals surface area (Å²) in [6, 6.07) is -0.0987. The van der Waals surface area contributed by atoms with E-state index in [9.17, 15) is 9.59 Å². The summed E-state index contributed by atoms with van der Waals surface area (Å²) in [6.45, 7) is 11.3. The molecule has 1 rings (SSSR count). The Morgan fingerprint density at radius 2 is 1.95 bits per heavy atom. The third-order valence-electron chi connectivity index (χ3n) is 3.12. The van der Waals surface area contributed by atoms with Crippen LogP contribution in [0.2, 0.25) is 0 Å². The standard InChI is InChI=1S/C16H27NO5/c1-12(18)20-10-8-7-9-13-11-21-16(5,6)17(13)14(19)22-15(2,3)4/h7-8,13H,9-11H2,1-6H3/b8-7+/t13-/m1/s1. The molecule has 1 atom stereocenters. The molecule has 1 aliphatic heterocycles. The molecule has 0 aromatic heterocycles. The van der Waals surface area contributed by atoms with Gasteiger partial charge >= 0.3 is 12.1 Å². The zero-order valence-electron chi connectivity index (χ0n) is 14.3. The lowest BCUT2D eigenvalue weighted by molar-refractivity contribution is -0.139. The summed E-state index contributed by atoms with van der Waals surface area (Å²) in [4.78, 5) is 24.7. The van der Waals surface area contributed by atoms with Gasteiger partial charge in [0.1, 0.15) is 17.9 Å². The van der Waals surface area contributed by atoms with Gasteiger partial charge in [-0.1, -0.05) is 12.2 Å². The van der Waals surface area contributed by atoms with Gasteiger partial charge in [0, 0.05) is 6.92 Å². The van der Waals surface area contributed by atoms with E-state index in [-0.39, 0.29) is 24.7 Å². The molecule has 126 valence electrons. The molecule has 0 radical (unpaired) electrons. The van der Waals surface area contributed by atoms with Crippen LogP contribution >= 0.6 is 0 Å². The number of rotatable bonds is 4. The smallest absolute Gasteiger partial charge is 0.412 e. The lowest BCUT2D eigenvalue weighted by Crippen LogP contribution is -2.49. The highest BCUT2D eigenvalue weighted by Gasteiger charge is 2.45. The number of carbonyl (C=O) groups excluding carboxylic acids is 2. The number of hydrogen-bond acceptors (Lipinski definition) is 5. The molecule has 1 saturated heterocycles. The molecule has 0 aromatic carbocycles. The van der Waals surface area contributed by atoms with Crippen LogP contribution < -0.4 is 0 Å². The second-order valence-corrected chi connectivity index (χ2v) is 6.77. The normalized spacial score (nSPS) is 21.2. The Morgan fingerprint density at radius 3 is 2.50 bits per heavy atom. The van der Waals surface area contributed by atoms with Crippen molar-refractivity contribution in [3.05, 3.63) is 12.2 Å². The monoisotopic (exact) mass is 313 g/mol. The van der Waals surface area contributed by atoms with E-state index in [2.05, 4.69) is 0 Å². The lowest BCUT2D eigenvalue weighted by Gasteiger charge is -2.34. The van der Waals surface area contributed by atoms with Gasteiger partial charge in [-0.05, 0) is 41.0 Å². The summed E-state index contributed by atoms with van der Waals surface area (Å²) >= 11 is 0. The quantitative estimate of drug-likeness (QED) is 0.590. The fraction of sp³-hybridized carbons (Fsp3) is 0.750. The Bertz CT molecular complexity index is 436. The van der Waals surface area contributed by atoms with E-state index in [0.717, 1.165) is 0 Å². The van der Waals surface area contributed by atoms with Gasteiger partial charge in [-0.3, -0.25) is 9.69 Å². The number of hydrogen-bond donors (Lipinski definition) is 0. The van der Waals surface area contributed by atoms with Crippen molar-refractivity contribution in [3.63, 3.8) is 0 Å². The average Bonchev–Trinajstić information content (AvgIpc) is 2.61. The van der Waals surface area contributed by atoms with Crippen LogP contribution in [0, 0.1) is 0 Å². The van der Waals surface area contributed by atoms with Crippen molar-refractivity contribution in [1.82, 2.24) is 4.90 Å². The second kappa shape index (κ2) is 7.13. The number of carbonyl (C=O) groups is 2. The van der Waals surface area contributed by atoms with E-state index in [1.807, 2.05) is 40.7 Å². The van der Waals surface area contributed by atoms with Crippen molar-refractivity contribution in [2.24, 2.45) is 0 Å². The molecular formula is C16H27NO5. The van der Waals surface area contributed by atoms with Crippen molar-refractivity contribution in [1.29, 1.82) is 0 Å². The minimum absolute atomic E-state index is 0.0987. The molecule has 1 heterocycles. The maximum absolute atomic E-state index is 12.4. The highest BCUT2D eigenvalue weighted by Crippen LogP contribution is 2.30. The minimum Gasteiger partial charge on any atom is -0.462 e. The lowest BCUT2D eigenvalue weighted by atomic mass is 10.1. The third-order valence-corrected chi connectivity index (χ3v) is 3.12. The fourth-order valence-electron chi connectivity index (χ4n) is 2.22. The molecule has 6 nitrogen and oxygen atoms in total. The highest BCUT2D eigenvalue weighted by atomic mass is 16.6. The maximum Gasteiger partial charge on any atom is 0.412 e. The molecule has 0 aliphatic carbocycles. The Hall–Kier alpha value is -1.56. The molecule has 1 aliphatic rings. The van der Waals surface area contributed by atoms with Crippen LogP contribution in [0.5, 0.6) is 0 Å². The average molecular weight is 313 g/mol. The topological polar surface area (TPSA) is 65.1 Å². The van der Waals surface area contributed by atoms with E-state index in [4.69, 9.17) is 14.2 Å². The molecule has 1 fully saturated rings. The zero-order chi connectivity index (χ0) is 17.0. The first-order valence-electron chi connectivity index (χ1n) is 7.47. The highest BCUT2D eigenvalue weighted by molar-refractivity contribution is 5.69. The first-order chi connectivity index (χ1) is 10.0. The number of esters is 1. The predicted octanol–water partition coefficient (Wildman–Crippen LogP) is 2.87. The molecule has 6 heteroatoms. The van der Waals surface area contributed by atoms with Gasteiger partial charge in [-0.15, -0.1) is 0 Å². The van der Waals surface area contributed by atoms with Gasteiger partial charge in [0.05, 0.1) is 12.6 Å². The molecule has 0 spiro atoms. The molecule has 0 N–H and O–H groups in total. The van der Waals surface area contributed by atoms with Crippen LogP contribution in [0.15, 0.2) is 12.2 Å². The number of ether oxygens (including phenoxy) is 3. The van der Waals surface area contributed by atoms with E-state index in [1.165, 1.54) is 6.92 Å². The van der Waals surface area contributed by atoms with Gasteiger partial charge in [0.2, 0.25) is 0 Å². The summed E-state index contributed by atoms with van der Waals surface area (Å²) < 4.78 is 16.0. The summed E-state index contributed by atoms with van der Waals surface area (Å²) in [6.07, 6.45) is 3.88. The summed E-state index contributed by atoms with van der Waals surface area (Å²) in [5, 5.41) is 0. The predicted molar refractivity (Wildman–Crippen MR) is 82.3 cm³/mol. The van der Waals surface area contributed by atoms with E-state index >= 15 is 0 Å². The Morgan fingerprint density at radius 1 is 1.32 bits per heavy atom. The molecule has 1 amide bonds. The summed E-state index contributed by atoms with van der Waals surface area (Å²) in [5.74, 6) is -0.314. The fourth-order valence-corrected chi connectivity index (χ4v) is 2.22. The Labute approximate surface area is 132 Å². The Balaban J connectivity index is 2.65. The van der Waals surface area contributed by atoms with Gasteiger partial charge in [0.15, 0.2) is 0 Å². The third kappa shape index (κ3) is 5.67. The molecular weight excluding hydrogens is 286 g/mol.